The number of alkyl halides is 3. The molecule has 66 valence electrons. The molecule has 0 unspecified atom stereocenters. The molecule has 0 saturated heterocycles. The highest BCUT2D eigenvalue weighted by Gasteiger charge is 2.36. The van der Waals surface area contributed by atoms with E-state index < -0.39 is 12.0 Å². The van der Waals surface area contributed by atoms with E-state index in [1.165, 1.54) is 0 Å². The number of nitrogens with zero attached hydrogens (tertiary/aromatic N) is 1. The Bertz CT molecular complexity index is 280. The maximum absolute atomic E-state index is 12.0. The Balaban J connectivity index is 2.38. The molecule has 0 saturated carbocycles. The molecule has 2 heterocycles. The summed E-state index contributed by atoms with van der Waals surface area (Å²) < 4.78 is 36.1. The van der Waals surface area contributed by atoms with Crippen molar-refractivity contribution in [2.45, 2.75) is 19.3 Å². The highest BCUT2D eigenvalue weighted by atomic mass is 19.4. The van der Waals surface area contributed by atoms with Crippen LogP contribution in [-0.4, -0.2) is 9.97 Å². The molecular formula is C6H6F3N3. The van der Waals surface area contributed by atoms with Crippen molar-refractivity contribution in [1.82, 2.24) is 15.3 Å². The third-order valence-electron chi connectivity index (χ3n) is 1.73. The zero-order valence-electron chi connectivity index (χ0n) is 6.00. The number of aromatic nitrogens is 2. The van der Waals surface area contributed by atoms with Crippen molar-refractivity contribution in [3.63, 3.8) is 0 Å². The number of fused-ring (bicyclic) bond motifs is 1. The molecule has 12 heavy (non-hydrogen) atoms. The van der Waals surface area contributed by atoms with Crippen LogP contribution in [0.25, 0.3) is 0 Å². The summed E-state index contributed by atoms with van der Waals surface area (Å²) in [5.41, 5.74) is 1.02. The van der Waals surface area contributed by atoms with E-state index in [0.717, 1.165) is 0 Å². The molecule has 0 aromatic carbocycles. The lowest BCUT2D eigenvalue weighted by Crippen LogP contribution is -2.10. The van der Waals surface area contributed by atoms with Gasteiger partial charge in [-0.05, 0) is 0 Å². The standard InChI is InChI=1S/C6H6F3N3/c7-6(8,9)5-11-3-1-10-2-4(3)12-5/h10H,1-2H2,(H,11,12). The second-order valence-electron chi connectivity index (χ2n) is 2.61. The summed E-state index contributed by atoms with van der Waals surface area (Å²) in [7, 11) is 0. The molecule has 0 amide bonds. The quantitative estimate of drug-likeness (QED) is 0.621. The van der Waals surface area contributed by atoms with Crippen LogP contribution in [0.2, 0.25) is 0 Å². The number of rotatable bonds is 0. The normalized spacial score (nSPS) is 16.6. The number of hydrogen-bond donors (Lipinski definition) is 2. The Kier molecular flexibility index (Phi) is 1.41. The molecule has 0 fully saturated rings. The molecule has 1 aliphatic heterocycles. The molecule has 1 aromatic rings. The van der Waals surface area contributed by atoms with E-state index in [0.29, 0.717) is 24.5 Å². The summed E-state index contributed by atoms with van der Waals surface area (Å²) in [4.78, 5) is 5.65. The van der Waals surface area contributed by atoms with Crippen LogP contribution in [0.1, 0.15) is 17.2 Å². The van der Waals surface area contributed by atoms with E-state index in [1.54, 1.807) is 0 Å². The van der Waals surface area contributed by atoms with Gasteiger partial charge >= 0.3 is 6.18 Å². The van der Waals surface area contributed by atoms with Crippen LogP contribution in [0.3, 0.4) is 0 Å². The van der Waals surface area contributed by atoms with Gasteiger partial charge in [-0.1, -0.05) is 0 Å². The van der Waals surface area contributed by atoms with Crippen molar-refractivity contribution in [2.24, 2.45) is 0 Å². The summed E-state index contributed by atoms with van der Waals surface area (Å²) in [6, 6.07) is 0. The van der Waals surface area contributed by atoms with Gasteiger partial charge in [-0.3, -0.25) is 0 Å². The monoisotopic (exact) mass is 177 g/mol. The molecule has 1 aliphatic rings. The van der Waals surface area contributed by atoms with Crippen molar-refractivity contribution in [2.75, 3.05) is 0 Å². The Hall–Kier alpha value is -1.04. The van der Waals surface area contributed by atoms with Crippen LogP contribution < -0.4 is 5.32 Å². The minimum absolute atomic E-state index is 0.419. The summed E-state index contributed by atoms with van der Waals surface area (Å²) >= 11 is 0. The third-order valence-corrected chi connectivity index (χ3v) is 1.73. The molecule has 0 aliphatic carbocycles. The number of aromatic amines is 1. The van der Waals surface area contributed by atoms with Gasteiger partial charge in [-0.15, -0.1) is 0 Å². The summed E-state index contributed by atoms with van der Waals surface area (Å²) in [6.45, 7) is 0.861. The molecule has 6 heteroatoms. The van der Waals surface area contributed by atoms with Gasteiger partial charge in [-0.2, -0.15) is 13.2 Å². The van der Waals surface area contributed by atoms with Gasteiger partial charge in [0.25, 0.3) is 0 Å². The van der Waals surface area contributed by atoms with Crippen LogP contribution in [0.5, 0.6) is 0 Å². The van der Waals surface area contributed by atoms with Gasteiger partial charge in [0.2, 0.25) is 5.82 Å². The minimum atomic E-state index is -4.36. The van der Waals surface area contributed by atoms with Crippen LogP contribution in [-0.2, 0) is 19.3 Å². The van der Waals surface area contributed by atoms with E-state index in [-0.39, 0.29) is 0 Å². The van der Waals surface area contributed by atoms with Crippen LogP contribution >= 0.6 is 0 Å². The van der Waals surface area contributed by atoms with E-state index in [4.69, 9.17) is 0 Å². The van der Waals surface area contributed by atoms with Gasteiger partial charge in [-0.25, -0.2) is 4.98 Å². The molecular weight excluding hydrogens is 171 g/mol. The second-order valence-corrected chi connectivity index (χ2v) is 2.61. The Morgan fingerprint density at radius 3 is 2.58 bits per heavy atom. The number of halogens is 3. The van der Waals surface area contributed by atoms with Crippen LogP contribution in [0, 0.1) is 0 Å². The summed E-state index contributed by atoms with van der Waals surface area (Å²) in [6.07, 6.45) is -4.36. The van der Waals surface area contributed by atoms with Crippen molar-refractivity contribution in [1.29, 1.82) is 0 Å². The Morgan fingerprint density at radius 1 is 1.25 bits per heavy atom. The lowest BCUT2D eigenvalue weighted by Gasteiger charge is -2.00. The van der Waals surface area contributed by atoms with Gasteiger partial charge in [0, 0.05) is 13.1 Å². The lowest BCUT2D eigenvalue weighted by atomic mass is 10.4. The second kappa shape index (κ2) is 2.22. The van der Waals surface area contributed by atoms with E-state index in [1.807, 2.05) is 0 Å². The largest absolute Gasteiger partial charge is 0.449 e. The van der Waals surface area contributed by atoms with Gasteiger partial charge in [0.15, 0.2) is 0 Å². The van der Waals surface area contributed by atoms with E-state index in [9.17, 15) is 13.2 Å². The van der Waals surface area contributed by atoms with E-state index >= 15 is 0 Å². The maximum atomic E-state index is 12.0. The molecule has 0 atom stereocenters. The summed E-state index contributed by atoms with van der Waals surface area (Å²) in [5.74, 6) is -0.894. The van der Waals surface area contributed by atoms with Gasteiger partial charge in [0.1, 0.15) is 0 Å². The first kappa shape index (κ1) is 7.60. The van der Waals surface area contributed by atoms with Crippen molar-refractivity contribution >= 4 is 0 Å². The highest BCUT2D eigenvalue weighted by Crippen LogP contribution is 2.28. The average Bonchev–Trinajstić information content (AvgIpc) is 2.37. The van der Waals surface area contributed by atoms with Crippen LogP contribution in [0.15, 0.2) is 0 Å². The predicted octanol–water partition coefficient (Wildman–Crippen LogP) is 1.03. The maximum Gasteiger partial charge on any atom is 0.449 e. The van der Waals surface area contributed by atoms with Crippen molar-refractivity contribution in [3.8, 4) is 0 Å². The van der Waals surface area contributed by atoms with Crippen molar-refractivity contribution < 1.29 is 13.2 Å². The molecule has 0 radical (unpaired) electrons. The highest BCUT2D eigenvalue weighted by molar-refractivity contribution is 5.19. The lowest BCUT2D eigenvalue weighted by molar-refractivity contribution is -0.144. The smallest absolute Gasteiger partial charge is 0.337 e. The number of hydrogen-bond acceptors (Lipinski definition) is 2. The molecule has 1 aromatic heterocycles. The molecule has 3 nitrogen and oxygen atoms in total. The first-order valence-corrected chi connectivity index (χ1v) is 3.43. The Labute approximate surface area is 66.0 Å². The fourth-order valence-electron chi connectivity index (χ4n) is 1.18. The van der Waals surface area contributed by atoms with Gasteiger partial charge < -0.3 is 10.3 Å². The third kappa shape index (κ3) is 1.08. The SMILES string of the molecule is FC(F)(F)c1nc2c([nH]1)CNC2. The van der Waals surface area contributed by atoms with Gasteiger partial charge in [0.05, 0.1) is 11.4 Å². The molecule has 2 rings (SSSR count). The molecule has 0 spiro atoms. The number of nitrogens with one attached hydrogen (secondary N) is 2. The van der Waals surface area contributed by atoms with E-state index in [2.05, 4.69) is 15.3 Å². The van der Waals surface area contributed by atoms with Crippen LogP contribution in [0.4, 0.5) is 13.2 Å². The first-order chi connectivity index (χ1) is 5.57. The zero-order chi connectivity index (χ0) is 8.77. The fraction of sp³-hybridized carbons (Fsp3) is 0.500. The summed E-state index contributed by atoms with van der Waals surface area (Å²) in [5, 5.41) is 2.89. The topological polar surface area (TPSA) is 40.7 Å². The Morgan fingerprint density at radius 2 is 2.00 bits per heavy atom. The number of H-pyrrole nitrogens is 1. The fourth-order valence-corrected chi connectivity index (χ4v) is 1.18. The molecule has 2 N–H and O–H groups in total. The predicted molar refractivity (Wildman–Crippen MR) is 34.1 cm³/mol. The average molecular weight is 177 g/mol. The zero-order valence-corrected chi connectivity index (χ0v) is 6.00. The molecule has 0 bridgehead atoms. The van der Waals surface area contributed by atoms with Crippen molar-refractivity contribution in [3.05, 3.63) is 17.2 Å². The number of imidazole rings is 1. The first-order valence-electron chi connectivity index (χ1n) is 3.43. The minimum Gasteiger partial charge on any atom is -0.337 e.